The minimum atomic E-state index is 0.810. The van der Waals surface area contributed by atoms with Crippen LogP contribution in [0.5, 0.6) is 0 Å². The molecule has 0 spiro atoms. The summed E-state index contributed by atoms with van der Waals surface area (Å²) in [5, 5.41) is 3.66. The molecule has 3 N–H and O–H groups in total. The average molecular weight is 409 g/mol. The maximum Gasteiger partial charge on any atom is 0.0419 e. The Balaban J connectivity index is 2.01. The number of hydrogen-bond donors (Lipinski definition) is 2. The molecule has 0 saturated carbocycles. The van der Waals surface area contributed by atoms with Crippen LogP contribution in [0.4, 0.5) is 17.1 Å². The first kappa shape index (κ1) is 24.3. The molecule has 166 valence electrons. The molecule has 0 atom stereocenters. The molecule has 30 heavy (non-hydrogen) atoms. The highest BCUT2D eigenvalue weighted by Gasteiger charge is 2.09. The predicted octanol–water partition coefficient (Wildman–Crippen LogP) is 8.82. The summed E-state index contributed by atoms with van der Waals surface area (Å²) < 4.78 is 0. The van der Waals surface area contributed by atoms with Crippen LogP contribution in [0.2, 0.25) is 0 Å². The van der Waals surface area contributed by atoms with E-state index >= 15 is 0 Å². The van der Waals surface area contributed by atoms with E-state index in [4.69, 9.17) is 5.73 Å². The van der Waals surface area contributed by atoms with Crippen molar-refractivity contribution in [3.63, 3.8) is 0 Å². The number of aryl methyl sites for hydroxylation is 1. The first-order valence-electron chi connectivity index (χ1n) is 12.5. The maximum absolute atomic E-state index is 5.86. The smallest absolute Gasteiger partial charge is 0.0419 e. The Morgan fingerprint density at radius 2 is 1.20 bits per heavy atom. The van der Waals surface area contributed by atoms with Crippen LogP contribution in [0.3, 0.4) is 0 Å². The molecule has 0 saturated heterocycles. The van der Waals surface area contributed by atoms with Crippen molar-refractivity contribution in [2.45, 2.75) is 104 Å². The van der Waals surface area contributed by atoms with E-state index in [1.165, 1.54) is 101 Å². The van der Waals surface area contributed by atoms with E-state index in [2.05, 4.69) is 49.5 Å². The quantitative estimate of drug-likeness (QED) is 0.215. The minimum Gasteiger partial charge on any atom is -0.399 e. The van der Waals surface area contributed by atoms with Crippen LogP contribution in [0.15, 0.2) is 42.5 Å². The van der Waals surface area contributed by atoms with Gasteiger partial charge in [-0.15, -0.1) is 0 Å². The molecular formula is C28H44N2. The summed E-state index contributed by atoms with van der Waals surface area (Å²) in [5.41, 5.74) is 12.1. The van der Waals surface area contributed by atoms with Gasteiger partial charge in [-0.3, -0.25) is 0 Å². The molecule has 0 aliphatic carbocycles. The third-order valence-corrected chi connectivity index (χ3v) is 6.04. The number of nitrogens with one attached hydrogen (secondary N) is 1. The Morgan fingerprint density at radius 1 is 0.633 bits per heavy atom. The zero-order valence-electron chi connectivity index (χ0n) is 19.5. The molecule has 0 aliphatic rings. The highest BCUT2D eigenvalue weighted by Crippen LogP contribution is 2.28. The molecule has 0 bridgehead atoms. The molecule has 0 aromatic heterocycles. The number of nitrogens with two attached hydrogens (primary N) is 1. The molecule has 2 heteroatoms. The van der Waals surface area contributed by atoms with Crippen molar-refractivity contribution in [2.75, 3.05) is 11.1 Å². The van der Waals surface area contributed by atoms with Crippen molar-refractivity contribution < 1.29 is 0 Å². The number of unbranched alkanes of at least 4 members (excludes halogenated alkanes) is 10. The summed E-state index contributed by atoms with van der Waals surface area (Å²) in [6.07, 6.45) is 18.6. The van der Waals surface area contributed by atoms with Gasteiger partial charge in [0.25, 0.3) is 0 Å². The molecule has 0 heterocycles. The van der Waals surface area contributed by atoms with E-state index in [0.29, 0.717) is 0 Å². The first-order chi connectivity index (χ1) is 14.7. The molecule has 2 nitrogen and oxygen atoms in total. The van der Waals surface area contributed by atoms with Gasteiger partial charge in [-0.05, 0) is 67.1 Å². The molecular weight excluding hydrogens is 364 g/mol. The highest BCUT2D eigenvalue weighted by atomic mass is 14.9. The first-order valence-corrected chi connectivity index (χ1v) is 12.5. The third-order valence-electron chi connectivity index (χ3n) is 6.04. The molecule has 0 unspecified atom stereocenters. The summed E-state index contributed by atoms with van der Waals surface area (Å²) in [4.78, 5) is 0. The number of benzene rings is 2. The van der Waals surface area contributed by atoms with E-state index in [9.17, 15) is 0 Å². The molecule has 0 aliphatic heterocycles. The Labute approximate surface area is 185 Å². The van der Waals surface area contributed by atoms with Crippen LogP contribution < -0.4 is 11.1 Å². The second-order valence-corrected chi connectivity index (χ2v) is 8.73. The number of nitrogen functional groups attached to an aromatic ring is 1. The Bertz CT molecular complexity index is 690. The minimum absolute atomic E-state index is 0.810. The summed E-state index contributed by atoms with van der Waals surface area (Å²) in [5.74, 6) is 0. The fraction of sp³-hybridized carbons (Fsp3) is 0.571. The van der Waals surface area contributed by atoms with Crippen molar-refractivity contribution >= 4 is 17.1 Å². The summed E-state index contributed by atoms with van der Waals surface area (Å²) in [6, 6.07) is 14.9. The van der Waals surface area contributed by atoms with Crippen molar-refractivity contribution in [2.24, 2.45) is 0 Å². The lowest BCUT2D eigenvalue weighted by Crippen LogP contribution is -2.02. The van der Waals surface area contributed by atoms with Gasteiger partial charge >= 0.3 is 0 Å². The molecule has 2 aromatic carbocycles. The number of rotatable bonds is 16. The summed E-state index contributed by atoms with van der Waals surface area (Å²) in [6.45, 7) is 4.57. The number of anilines is 3. The van der Waals surface area contributed by atoms with E-state index < -0.39 is 0 Å². The van der Waals surface area contributed by atoms with Crippen LogP contribution in [-0.4, -0.2) is 0 Å². The zero-order valence-corrected chi connectivity index (χ0v) is 19.5. The second-order valence-electron chi connectivity index (χ2n) is 8.73. The highest BCUT2D eigenvalue weighted by molar-refractivity contribution is 5.66. The lowest BCUT2D eigenvalue weighted by atomic mass is 9.94. The molecule has 0 fully saturated rings. The molecule has 0 amide bonds. The van der Waals surface area contributed by atoms with Gasteiger partial charge in [0.15, 0.2) is 0 Å². The fourth-order valence-corrected chi connectivity index (χ4v) is 4.18. The lowest BCUT2D eigenvalue weighted by Gasteiger charge is -2.17. The molecule has 2 rings (SSSR count). The van der Waals surface area contributed by atoms with Crippen molar-refractivity contribution in [1.29, 1.82) is 0 Å². The van der Waals surface area contributed by atoms with Gasteiger partial charge in [0, 0.05) is 17.1 Å². The van der Waals surface area contributed by atoms with Gasteiger partial charge in [-0.2, -0.15) is 0 Å². The van der Waals surface area contributed by atoms with Crippen molar-refractivity contribution in [3.8, 4) is 0 Å². The normalized spacial score (nSPS) is 11.0. The van der Waals surface area contributed by atoms with Crippen LogP contribution in [0, 0.1) is 0 Å². The maximum atomic E-state index is 5.86. The van der Waals surface area contributed by atoms with Gasteiger partial charge in [0.2, 0.25) is 0 Å². The van der Waals surface area contributed by atoms with Gasteiger partial charge in [0.1, 0.15) is 0 Å². The van der Waals surface area contributed by atoms with Gasteiger partial charge < -0.3 is 11.1 Å². The van der Waals surface area contributed by atoms with E-state index in [1.807, 2.05) is 12.1 Å². The fourth-order valence-electron chi connectivity index (χ4n) is 4.18. The van der Waals surface area contributed by atoms with Crippen molar-refractivity contribution in [3.05, 3.63) is 53.6 Å². The number of hydrogen-bond acceptors (Lipinski definition) is 2. The van der Waals surface area contributed by atoms with Gasteiger partial charge in [0.05, 0.1) is 0 Å². The average Bonchev–Trinajstić information content (AvgIpc) is 2.76. The van der Waals surface area contributed by atoms with E-state index in [0.717, 1.165) is 11.4 Å². The largest absolute Gasteiger partial charge is 0.399 e. The van der Waals surface area contributed by atoms with Crippen LogP contribution in [0.1, 0.15) is 102 Å². The third kappa shape index (κ3) is 9.24. The summed E-state index contributed by atoms with van der Waals surface area (Å²) >= 11 is 0. The van der Waals surface area contributed by atoms with Crippen LogP contribution in [0.25, 0.3) is 0 Å². The summed E-state index contributed by atoms with van der Waals surface area (Å²) in [7, 11) is 0. The standard InChI is InChI=1S/C28H44N2/c1-3-5-7-9-11-13-16-24-17-15-19-28(30-26-22-20-25(29)21-23-26)27(24)18-14-12-10-8-6-4-2/h15,17,19-23,30H,3-14,16,18,29H2,1-2H3. The molecule has 2 aromatic rings. The lowest BCUT2D eigenvalue weighted by molar-refractivity contribution is 0.599. The SMILES string of the molecule is CCCCCCCCc1cccc(Nc2ccc(N)cc2)c1CCCCCCCC. The Hall–Kier alpha value is -1.96. The topological polar surface area (TPSA) is 38.0 Å². The van der Waals surface area contributed by atoms with Gasteiger partial charge in [-0.25, -0.2) is 0 Å². The van der Waals surface area contributed by atoms with E-state index in [1.54, 1.807) is 5.56 Å². The Kier molecular flexibility index (Phi) is 12.1. The van der Waals surface area contributed by atoms with Crippen LogP contribution in [-0.2, 0) is 12.8 Å². The van der Waals surface area contributed by atoms with Crippen molar-refractivity contribution in [1.82, 2.24) is 0 Å². The zero-order chi connectivity index (χ0) is 21.4. The van der Waals surface area contributed by atoms with Gasteiger partial charge in [-0.1, -0.05) is 90.2 Å². The second kappa shape index (κ2) is 14.9. The molecule has 0 radical (unpaired) electrons. The van der Waals surface area contributed by atoms with E-state index in [-0.39, 0.29) is 0 Å². The predicted molar refractivity (Wildman–Crippen MR) is 135 cm³/mol. The Morgan fingerprint density at radius 3 is 1.83 bits per heavy atom. The van der Waals surface area contributed by atoms with Crippen LogP contribution >= 0.6 is 0 Å². The monoisotopic (exact) mass is 408 g/mol.